The molecule has 0 bridgehead atoms. The zero-order valence-corrected chi connectivity index (χ0v) is 27.7. The van der Waals surface area contributed by atoms with Crippen molar-refractivity contribution in [1.29, 1.82) is 0 Å². The minimum absolute atomic E-state index is 0.318. The summed E-state index contributed by atoms with van der Waals surface area (Å²) in [5.41, 5.74) is 7.62. The van der Waals surface area contributed by atoms with Gasteiger partial charge >= 0.3 is 0 Å². The van der Waals surface area contributed by atoms with Crippen LogP contribution in [0.15, 0.2) is 97.1 Å². The second-order valence-electron chi connectivity index (χ2n) is 13.4. The van der Waals surface area contributed by atoms with E-state index in [9.17, 15) is 15.0 Å². The summed E-state index contributed by atoms with van der Waals surface area (Å²) in [4.78, 5) is 29.6. The Morgan fingerprint density at radius 3 is 1.07 bits per heavy atom. The number of amides is 2. The highest BCUT2D eigenvalue weighted by molar-refractivity contribution is 6.05. The van der Waals surface area contributed by atoms with Crippen molar-refractivity contribution in [1.82, 2.24) is 4.90 Å². The fourth-order valence-corrected chi connectivity index (χ4v) is 6.96. The summed E-state index contributed by atoms with van der Waals surface area (Å²) >= 11 is 0. The van der Waals surface area contributed by atoms with Crippen molar-refractivity contribution in [2.45, 2.75) is 84.1 Å². The monoisotopic (exact) mass is 618 g/mol. The zero-order valence-electron chi connectivity index (χ0n) is 27.7. The highest BCUT2D eigenvalue weighted by Gasteiger charge is 2.57. The van der Waals surface area contributed by atoms with Crippen LogP contribution >= 0.6 is 0 Å². The van der Waals surface area contributed by atoms with E-state index < -0.39 is 40.5 Å². The van der Waals surface area contributed by atoms with Gasteiger partial charge in [-0.25, -0.2) is 0 Å². The Morgan fingerprint density at radius 2 is 0.870 bits per heavy atom. The second kappa shape index (κ2) is 12.5. The van der Waals surface area contributed by atoms with Crippen molar-refractivity contribution in [3.05, 3.63) is 142 Å². The highest BCUT2D eigenvalue weighted by atomic mass is 16.3. The number of carbonyl (C=O) groups is 2. The van der Waals surface area contributed by atoms with Gasteiger partial charge in [0.05, 0.1) is 12.1 Å². The first-order chi connectivity index (χ1) is 21.7. The smallest absolute Gasteiger partial charge is 0.238 e. The third-order valence-corrected chi connectivity index (χ3v) is 10.3. The number of aryl methyl sites for hydroxylation is 4. The van der Waals surface area contributed by atoms with Crippen LogP contribution in [0.4, 0.5) is 0 Å². The van der Waals surface area contributed by atoms with Crippen LogP contribution in [0.1, 0.15) is 77.6 Å². The number of carbonyl (C=O) groups excluding carboxylic acids is 2. The normalized spacial score (nSPS) is 15.8. The van der Waals surface area contributed by atoms with Gasteiger partial charge in [0.1, 0.15) is 16.6 Å². The van der Waals surface area contributed by atoms with Gasteiger partial charge in [-0.15, -0.1) is 0 Å². The first-order valence-corrected chi connectivity index (χ1v) is 16.1. The summed E-state index contributed by atoms with van der Waals surface area (Å²) in [5.74, 6) is -1.17. The van der Waals surface area contributed by atoms with Gasteiger partial charge in [0.15, 0.2) is 0 Å². The van der Waals surface area contributed by atoms with Gasteiger partial charge in [-0.1, -0.05) is 126 Å². The molecule has 4 aromatic carbocycles. The van der Waals surface area contributed by atoms with E-state index in [2.05, 4.69) is 0 Å². The number of nitrogens with zero attached hydrogens (tertiary/aromatic N) is 1. The minimum atomic E-state index is -1.71. The maximum absolute atomic E-state index is 15.0. The molecule has 0 heterocycles. The van der Waals surface area contributed by atoms with Crippen molar-refractivity contribution >= 4 is 11.8 Å². The Labute approximate surface area is 272 Å². The number of hydrogen-bond acceptors (Lipinski definition) is 4. The SMILES string of the molecule is Cc1ccc(C(O)(c2ccc(C)cc2)[C@@H](C)N(C(=O)C2(C(N)=O)CCC2)[C@H](C)C(O)(c2ccc(C)cc2)c2ccc(C)cc2)cc1. The predicted molar refractivity (Wildman–Crippen MR) is 182 cm³/mol. The average Bonchev–Trinajstić information content (AvgIpc) is 3.01. The van der Waals surface area contributed by atoms with E-state index in [1.165, 1.54) is 0 Å². The lowest BCUT2D eigenvalue weighted by molar-refractivity contribution is -0.170. The number of rotatable bonds is 10. The zero-order chi connectivity index (χ0) is 33.4. The Morgan fingerprint density at radius 1 is 0.609 bits per heavy atom. The topological polar surface area (TPSA) is 104 Å². The Hall–Kier alpha value is -4.26. The maximum atomic E-state index is 15.0. The molecule has 5 rings (SSSR count). The van der Waals surface area contributed by atoms with Crippen molar-refractivity contribution in [2.24, 2.45) is 11.1 Å². The average molecular weight is 619 g/mol. The molecule has 1 aliphatic rings. The molecule has 0 unspecified atom stereocenters. The molecule has 0 aromatic heterocycles. The standard InChI is InChI=1S/C40H46N2O4/c1-26-8-16-32(17-9-26)39(45,33-18-10-27(2)11-19-33)30(5)42(37(44)38(36(41)43)24-7-25-38)31(6)40(46,34-20-12-28(3)13-21-34)35-22-14-29(4)15-23-35/h8-23,30-31,45-46H,7,24-25H2,1-6H3,(H2,41,43)/t30-,31-/m1/s1. The van der Waals surface area contributed by atoms with Gasteiger partial charge in [-0.3, -0.25) is 9.59 Å². The molecule has 4 N–H and O–H groups in total. The van der Waals surface area contributed by atoms with E-state index in [-0.39, 0.29) is 0 Å². The first-order valence-electron chi connectivity index (χ1n) is 16.1. The molecular formula is C40H46N2O4. The molecule has 1 aliphatic carbocycles. The molecule has 2 atom stereocenters. The number of aliphatic hydroxyl groups is 2. The summed E-state index contributed by atoms with van der Waals surface area (Å²) < 4.78 is 0. The lowest BCUT2D eigenvalue weighted by atomic mass is 9.65. The fraction of sp³-hybridized carbons (Fsp3) is 0.350. The summed E-state index contributed by atoms with van der Waals surface area (Å²) in [6.07, 6.45) is 1.32. The Bertz CT molecular complexity index is 1490. The lowest BCUT2D eigenvalue weighted by Crippen LogP contribution is -2.66. The van der Waals surface area contributed by atoms with Gasteiger partial charge in [0.25, 0.3) is 0 Å². The maximum Gasteiger partial charge on any atom is 0.238 e. The van der Waals surface area contributed by atoms with Crippen molar-refractivity contribution < 1.29 is 19.8 Å². The summed E-state index contributed by atoms with van der Waals surface area (Å²) in [6, 6.07) is 28.6. The molecule has 1 fully saturated rings. The largest absolute Gasteiger partial charge is 0.378 e. The Balaban J connectivity index is 1.78. The first kappa shape index (κ1) is 33.1. The highest BCUT2D eigenvalue weighted by Crippen LogP contribution is 2.48. The van der Waals surface area contributed by atoms with Gasteiger partial charge in [-0.05, 0) is 76.6 Å². The summed E-state index contributed by atoms with van der Waals surface area (Å²) in [6.45, 7) is 11.5. The third kappa shape index (κ3) is 5.54. The molecule has 1 saturated carbocycles. The number of benzene rings is 4. The van der Waals surface area contributed by atoms with Crippen LogP contribution < -0.4 is 5.73 Å². The summed E-state index contributed by atoms with van der Waals surface area (Å²) in [7, 11) is 0. The number of primary amides is 1. The molecule has 0 aliphatic heterocycles. The van der Waals surface area contributed by atoms with Crippen LogP contribution in [0.3, 0.4) is 0 Å². The molecule has 240 valence electrons. The lowest BCUT2D eigenvalue weighted by Gasteiger charge is -2.52. The van der Waals surface area contributed by atoms with E-state index in [0.29, 0.717) is 41.5 Å². The molecule has 6 heteroatoms. The minimum Gasteiger partial charge on any atom is -0.378 e. The number of nitrogens with two attached hydrogens (primary N) is 1. The van der Waals surface area contributed by atoms with E-state index in [1.54, 1.807) is 18.7 Å². The number of hydrogen-bond donors (Lipinski definition) is 3. The molecule has 2 amide bonds. The molecule has 6 nitrogen and oxygen atoms in total. The van der Waals surface area contributed by atoms with Gasteiger partial charge in [-0.2, -0.15) is 0 Å². The third-order valence-electron chi connectivity index (χ3n) is 10.3. The van der Waals surface area contributed by atoms with Crippen LogP contribution in [-0.4, -0.2) is 39.0 Å². The van der Waals surface area contributed by atoms with E-state index in [4.69, 9.17) is 5.73 Å². The van der Waals surface area contributed by atoms with Crippen molar-refractivity contribution in [3.63, 3.8) is 0 Å². The van der Waals surface area contributed by atoms with E-state index in [0.717, 1.165) is 22.3 Å². The van der Waals surface area contributed by atoms with Crippen LogP contribution in [0, 0.1) is 33.1 Å². The van der Waals surface area contributed by atoms with Crippen molar-refractivity contribution in [2.75, 3.05) is 0 Å². The van der Waals surface area contributed by atoms with Crippen LogP contribution in [0.5, 0.6) is 0 Å². The van der Waals surface area contributed by atoms with Gasteiger partial charge < -0.3 is 20.8 Å². The van der Waals surface area contributed by atoms with Gasteiger partial charge in [0, 0.05) is 0 Å². The molecule has 0 spiro atoms. The molecule has 4 aromatic rings. The Kier molecular flexibility index (Phi) is 9.00. The van der Waals surface area contributed by atoms with Crippen LogP contribution in [0.2, 0.25) is 0 Å². The van der Waals surface area contributed by atoms with Crippen LogP contribution in [0.25, 0.3) is 0 Å². The van der Waals surface area contributed by atoms with Gasteiger partial charge in [0.2, 0.25) is 11.8 Å². The molecular weight excluding hydrogens is 572 g/mol. The quantitative estimate of drug-likeness (QED) is 0.180. The van der Waals surface area contributed by atoms with E-state index in [1.807, 2.05) is 125 Å². The van der Waals surface area contributed by atoms with E-state index >= 15 is 4.79 Å². The van der Waals surface area contributed by atoms with Crippen LogP contribution in [-0.2, 0) is 20.8 Å². The second-order valence-corrected chi connectivity index (χ2v) is 13.4. The predicted octanol–water partition coefficient (Wildman–Crippen LogP) is 6.35. The molecule has 0 saturated heterocycles. The summed E-state index contributed by atoms with van der Waals surface area (Å²) in [5, 5.41) is 26.1. The molecule has 0 radical (unpaired) electrons. The molecule has 46 heavy (non-hydrogen) atoms. The fourth-order valence-electron chi connectivity index (χ4n) is 6.96. The van der Waals surface area contributed by atoms with Crippen molar-refractivity contribution in [3.8, 4) is 0 Å².